The first kappa shape index (κ1) is 10.4. The molecule has 1 aliphatic carbocycles. The van der Waals surface area contributed by atoms with Crippen LogP contribution >= 0.6 is 15.9 Å². The summed E-state index contributed by atoms with van der Waals surface area (Å²) in [5.41, 5.74) is 2.48. The van der Waals surface area contributed by atoms with Crippen molar-refractivity contribution in [2.75, 3.05) is 6.61 Å². The number of fused-ring (bicyclic) bond motifs is 1. The normalized spacial score (nSPS) is 17.9. The fourth-order valence-electron chi connectivity index (χ4n) is 2.56. The molecule has 0 bridgehead atoms. The zero-order chi connectivity index (χ0) is 11.3. The van der Waals surface area contributed by atoms with Crippen LogP contribution in [-0.4, -0.2) is 16.3 Å². The molecule has 16 heavy (non-hydrogen) atoms. The summed E-state index contributed by atoms with van der Waals surface area (Å²) in [5.74, 6) is 0. The molecule has 0 atom stereocenters. The maximum atomic E-state index is 9.55. The van der Waals surface area contributed by atoms with Gasteiger partial charge in [0.15, 0.2) is 0 Å². The lowest BCUT2D eigenvalue weighted by molar-refractivity contribution is 0.250. The van der Waals surface area contributed by atoms with Crippen LogP contribution in [0.15, 0.2) is 28.7 Å². The Morgan fingerprint density at radius 1 is 1.38 bits per heavy atom. The zero-order valence-corrected chi connectivity index (χ0v) is 10.8. The smallest absolute Gasteiger partial charge is 0.0542 e. The number of nitrogens with zero attached hydrogens (tertiary/aromatic N) is 1. The summed E-state index contributed by atoms with van der Waals surface area (Å²) >= 11 is 3.69. The molecule has 0 aliphatic heterocycles. The number of benzene rings is 1. The summed E-state index contributed by atoms with van der Waals surface area (Å²) in [4.78, 5) is 0. The van der Waals surface area contributed by atoms with Gasteiger partial charge in [-0.1, -0.05) is 18.2 Å². The fraction of sp³-hybridized carbons (Fsp3) is 0.385. The minimum Gasteiger partial charge on any atom is -0.395 e. The number of halogens is 1. The molecule has 0 saturated heterocycles. The van der Waals surface area contributed by atoms with Gasteiger partial charge in [-0.25, -0.2) is 0 Å². The molecular weight excluding hydrogens is 266 g/mol. The molecule has 0 radical (unpaired) electrons. The largest absolute Gasteiger partial charge is 0.395 e. The van der Waals surface area contributed by atoms with E-state index < -0.39 is 0 Å². The number of para-hydroxylation sites is 1. The SMILES string of the molecule is Cn1c(C2(CO)CC2)c(Br)c2ccccc21. The third-order valence-corrected chi connectivity index (χ3v) is 4.51. The Kier molecular flexibility index (Phi) is 2.17. The van der Waals surface area contributed by atoms with Gasteiger partial charge in [-0.3, -0.25) is 0 Å². The van der Waals surface area contributed by atoms with Crippen LogP contribution < -0.4 is 0 Å². The maximum absolute atomic E-state index is 9.55. The lowest BCUT2D eigenvalue weighted by Crippen LogP contribution is -2.16. The first-order valence-electron chi connectivity index (χ1n) is 5.54. The van der Waals surface area contributed by atoms with Gasteiger partial charge in [-0.15, -0.1) is 0 Å². The molecule has 1 fully saturated rings. The van der Waals surface area contributed by atoms with Crippen molar-refractivity contribution in [1.29, 1.82) is 0 Å². The predicted molar refractivity (Wildman–Crippen MR) is 68.6 cm³/mol. The molecule has 1 aliphatic rings. The molecule has 1 aromatic carbocycles. The van der Waals surface area contributed by atoms with Crippen LogP contribution in [0.1, 0.15) is 18.5 Å². The molecule has 0 spiro atoms. The Hall–Kier alpha value is -0.800. The molecule has 3 rings (SSSR count). The second kappa shape index (κ2) is 3.34. The minimum absolute atomic E-state index is 0.00655. The van der Waals surface area contributed by atoms with E-state index in [1.165, 1.54) is 16.6 Å². The average Bonchev–Trinajstić information content (AvgIpc) is 3.05. The number of aryl methyl sites for hydroxylation is 1. The first-order chi connectivity index (χ1) is 7.69. The first-order valence-corrected chi connectivity index (χ1v) is 6.33. The van der Waals surface area contributed by atoms with Crippen LogP contribution in [-0.2, 0) is 12.5 Å². The van der Waals surface area contributed by atoms with Crippen molar-refractivity contribution in [3.05, 3.63) is 34.4 Å². The topological polar surface area (TPSA) is 25.2 Å². The molecule has 1 saturated carbocycles. The summed E-state index contributed by atoms with van der Waals surface area (Å²) in [5, 5.41) is 10.8. The van der Waals surface area contributed by atoms with E-state index >= 15 is 0 Å². The Labute approximate surface area is 103 Å². The van der Waals surface area contributed by atoms with Crippen LogP contribution in [0.3, 0.4) is 0 Å². The Balaban J connectivity index is 2.33. The molecule has 84 valence electrons. The lowest BCUT2D eigenvalue weighted by Gasteiger charge is -2.14. The molecule has 3 heteroatoms. The highest BCUT2D eigenvalue weighted by Gasteiger charge is 2.47. The molecule has 2 nitrogen and oxygen atoms in total. The molecule has 1 N–H and O–H groups in total. The van der Waals surface area contributed by atoms with Gasteiger partial charge in [0, 0.05) is 33.5 Å². The van der Waals surface area contributed by atoms with E-state index in [9.17, 15) is 5.11 Å². The van der Waals surface area contributed by atoms with Crippen molar-refractivity contribution < 1.29 is 5.11 Å². The van der Waals surface area contributed by atoms with Crippen LogP contribution in [0.4, 0.5) is 0 Å². The van der Waals surface area contributed by atoms with E-state index in [-0.39, 0.29) is 12.0 Å². The highest BCUT2D eigenvalue weighted by atomic mass is 79.9. The highest BCUT2D eigenvalue weighted by molar-refractivity contribution is 9.10. The third-order valence-electron chi connectivity index (χ3n) is 3.70. The van der Waals surface area contributed by atoms with Crippen LogP contribution in [0.25, 0.3) is 10.9 Å². The Morgan fingerprint density at radius 2 is 2.06 bits per heavy atom. The van der Waals surface area contributed by atoms with E-state index in [0.717, 1.165) is 17.3 Å². The zero-order valence-electron chi connectivity index (χ0n) is 9.20. The van der Waals surface area contributed by atoms with Gasteiger partial charge in [-0.2, -0.15) is 0 Å². The average molecular weight is 280 g/mol. The summed E-state index contributed by atoms with van der Waals surface area (Å²) in [6.45, 7) is 0.246. The molecule has 1 aromatic heterocycles. The summed E-state index contributed by atoms with van der Waals surface area (Å²) in [6.07, 6.45) is 2.18. The van der Waals surface area contributed by atoms with Crippen LogP contribution in [0.5, 0.6) is 0 Å². The van der Waals surface area contributed by atoms with Gasteiger partial charge >= 0.3 is 0 Å². The quantitative estimate of drug-likeness (QED) is 0.899. The van der Waals surface area contributed by atoms with Gasteiger partial charge in [0.2, 0.25) is 0 Å². The Bertz CT molecular complexity index is 515. The monoisotopic (exact) mass is 279 g/mol. The van der Waals surface area contributed by atoms with E-state index in [2.05, 4.69) is 51.8 Å². The van der Waals surface area contributed by atoms with Crippen molar-refractivity contribution in [3.8, 4) is 0 Å². The standard InChI is InChI=1S/C13H14BrNO/c1-15-10-5-3-2-4-9(10)11(14)12(15)13(8-16)6-7-13/h2-5,16H,6-8H2,1H3. The van der Waals surface area contributed by atoms with E-state index in [4.69, 9.17) is 0 Å². The fourth-order valence-corrected chi connectivity index (χ4v) is 3.58. The number of rotatable bonds is 2. The molecule has 0 amide bonds. The molecule has 1 heterocycles. The van der Waals surface area contributed by atoms with Crippen molar-refractivity contribution in [3.63, 3.8) is 0 Å². The predicted octanol–water partition coefficient (Wildman–Crippen LogP) is 2.96. The summed E-state index contributed by atoms with van der Waals surface area (Å²) < 4.78 is 3.36. The van der Waals surface area contributed by atoms with Gasteiger partial charge < -0.3 is 9.67 Å². The number of aliphatic hydroxyl groups excluding tert-OH is 1. The van der Waals surface area contributed by atoms with Gasteiger partial charge in [0.25, 0.3) is 0 Å². The second-order valence-corrected chi connectivity index (χ2v) is 5.47. The van der Waals surface area contributed by atoms with E-state index in [1.807, 2.05) is 0 Å². The lowest BCUT2D eigenvalue weighted by atomic mass is 10.0. The van der Waals surface area contributed by atoms with E-state index in [1.54, 1.807) is 0 Å². The van der Waals surface area contributed by atoms with Gasteiger partial charge in [-0.05, 0) is 34.8 Å². The molecular formula is C13H14BrNO. The van der Waals surface area contributed by atoms with Crippen LogP contribution in [0.2, 0.25) is 0 Å². The number of hydrogen-bond acceptors (Lipinski definition) is 1. The molecule has 2 aromatic rings. The van der Waals surface area contributed by atoms with E-state index in [0.29, 0.717) is 0 Å². The third kappa shape index (κ3) is 1.22. The van der Waals surface area contributed by atoms with Crippen molar-refractivity contribution in [2.45, 2.75) is 18.3 Å². The van der Waals surface area contributed by atoms with Crippen LogP contribution in [0, 0.1) is 0 Å². The van der Waals surface area contributed by atoms with Crippen molar-refractivity contribution >= 4 is 26.8 Å². The van der Waals surface area contributed by atoms with Crippen molar-refractivity contribution in [1.82, 2.24) is 4.57 Å². The minimum atomic E-state index is 0.00655. The number of aliphatic hydroxyl groups is 1. The number of hydrogen-bond donors (Lipinski definition) is 1. The maximum Gasteiger partial charge on any atom is 0.0542 e. The summed E-state index contributed by atoms with van der Waals surface area (Å²) in [7, 11) is 2.08. The Morgan fingerprint density at radius 3 is 2.62 bits per heavy atom. The molecule has 0 unspecified atom stereocenters. The van der Waals surface area contributed by atoms with Gasteiger partial charge in [0.1, 0.15) is 0 Å². The number of aromatic nitrogens is 1. The van der Waals surface area contributed by atoms with Gasteiger partial charge in [0.05, 0.1) is 6.61 Å². The highest BCUT2D eigenvalue weighted by Crippen LogP contribution is 2.52. The second-order valence-electron chi connectivity index (χ2n) is 4.68. The van der Waals surface area contributed by atoms with Crippen molar-refractivity contribution in [2.24, 2.45) is 7.05 Å². The summed E-state index contributed by atoms with van der Waals surface area (Å²) in [6, 6.07) is 8.35.